The van der Waals surface area contributed by atoms with Gasteiger partial charge in [-0.3, -0.25) is 9.59 Å². The van der Waals surface area contributed by atoms with E-state index in [2.05, 4.69) is 5.32 Å². The van der Waals surface area contributed by atoms with Gasteiger partial charge in [0.1, 0.15) is 0 Å². The van der Waals surface area contributed by atoms with E-state index < -0.39 is 5.97 Å². The molecule has 1 fully saturated rings. The summed E-state index contributed by atoms with van der Waals surface area (Å²) in [4.78, 5) is 23.7. The van der Waals surface area contributed by atoms with Gasteiger partial charge >= 0.3 is 5.97 Å². The van der Waals surface area contributed by atoms with Gasteiger partial charge in [-0.1, -0.05) is 0 Å². The number of carboxylic acids is 1. The molecule has 1 aliphatic carbocycles. The number of hydrogen-bond donors (Lipinski definition) is 2. The number of carbonyl (C=O) groups excluding carboxylic acids is 1. The van der Waals surface area contributed by atoms with E-state index in [1.54, 1.807) is 4.90 Å². The highest BCUT2D eigenvalue weighted by Crippen LogP contribution is 2.18. The second-order valence-electron chi connectivity index (χ2n) is 4.10. The number of carbonyl (C=O) groups is 2. The summed E-state index contributed by atoms with van der Waals surface area (Å²) in [5.41, 5.74) is 0. The summed E-state index contributed by atoms with van der Waals surface area (Å²) in [6.07, 6.45) is 2.91. The van der Waals surface area contributed by atoms with Gasteiger partial charge in [-0.05, 0) is 19.8 Å². The normalized spacial score (nSPS) is 14.8. The quantitative estimate of drug-likeness (QED) is 0.633. The lowest BCUT2D eigenvalue weighted by Gasteiger charge is -2.20. The van der Waals surface area contributed by atoms with Gasteiger partial charge in [-0.2, -0.15) is 0 Å². The molecule has 0 heterocycles. The molecule has 5 heteroatoms. The lowest BCUT2D eigenvalue weighted by Crippen LogP contribution is -2.35. The largest absolute Gasteiger partial charge is 0.481 e. The van der Waals surface area contributed by atoms with Crippen molar-refractivity contribution in [1.82, 2.24) is 10.2 Å². The monoisotopic (exact) mass is 228 g/mol. The van der Waals surface area contributed by atoms with E-state index in [4.69, 9.17) is 5.11 Å². The molecule has 0 atom stereocenters. The third kappa shape index (κ3) is 5.11. The molecule has 1 rings (SSSR count). The molecule has 0 aromatic heterocycles. The van der Waals surface area contributed by atoms with Crippen LogP contribution in [0.1, 0.15) is 32.6 Å². The lowest BCUT2D eigenvalue weighted by molar-refractivity contribution is -0.138. The molecule has 0 aromatic rings. The van der Waals surface area contributed by atoms with Gasteiger partial charge in [-0.25, -0.2) is 0 Å². The average molecular weight is 228 g/mol. The van der Waals surface area contributed by atoms with Crippen molar-refractivity contribution in [2.75, 3.05) is 19.6 Å². The Morgan fingerprint density at radius 2 is 2.06 bits per heavy atom. The van der Waals surface area contributed by atoms with Crippen LogP contribution in [-0.4, -0.2) is 47.6 Å². The minimum atomic E-state index is -0.859. The topological polar surface area (TPSA) is 69.6 Å². The third-order valence-corrected chi connectivity index (χ3v) is 2.68. The maximum absolute atomic E-state index is 11.7. The minimum Gasteiger partial charge on any atom is -0.481 e. The van der Waals surface area contributed by atoms with E-state index in [0.29, 0.717) is 32.1 Å². The predicted octanol–water partition coefficient (Wildman–Crippen LogP) is 0.452. The smallest absolute Gasteiger partial charge is 0.305 e. The summed E-state index contributed by atoms with van der Waals surface area (Å²) in [5, 5.41) is 11.8. The summed E-state index contributed by atoms with van der Waals surface area (Å²) in [5.74, 6) is -0.820. The van der Waals surface area contributed by atoms with Crippen LogP contribution < -0.4 is 5.32 Å². The van der Waals surface area contributed by atoms with Crippen molar-refractivity contribution in [3.8, 4) is 0 Å². The van der Waals surface area contributed by atoms with Gasteiger partial charge < -0.3 is 15.3 Å². The van der Waals surface area contributed by atoms with E-state index in [1.165, 1.54) is 12.8 Å². The number of nitrogens with zero attached hydrogens (tertiary/aromatic N) is 1. The lowest BCUT2D eigenvalue weighted by atomic mass is 10.3. The first kappa shape index (κ1) is 13.0. The Hall–Kier alpha value is -1.10. The van der Waals surface area contributed by atoms with E-state index in [1.807, 2.05) is 6.92 Å². The number of nitrogens with one attached hydrogen (secondary N) is 1. The van der Waals surface area contributed by atoms with Gasteiger partial charge in [-0.15, -0.1) is 0 Å². The van der Waals surface area contributed by atoms with Crippen molar-refractivity contribution in [3.63, 3.8) is 0 Å². The van der Waals surface area contributed by atoms with E-state index in [9.17, 15) is 9.59 Å². The molecule has 0 bridgehead atoms. The second kappa shape index (κ2) is 6.48. The van der Waals surface area contributed by atoms with Crippen molar-refractivity contribution < 1.29 is 14.7 Å². The highest BCUT2D eigenvalue weighted by molar-refractivity contribution is 5.77. The molecule has 16 heavy (non-hydrogen) atoms. The van der Waals surface area contributed by atoms with E-state index in [0.717, 1.165) is 0 Å². The second-order valence-corrected chi connectivity index (χ2v) is 4.10. The Balaban J connectivity index is 2.15. The van der Waals surface area contributed by atoms with E-state index >= 15 is 0 Å². The summed E-state index contributed by atoms with van der Waals surface area (Å²) >= 11 is 0. The molecule has 0 aliphatic heterocycles. The van der Waals surface area contributed by atoms with Crippen molar-refractivity contribution in [1.29, 1.82) is 0 Å². The molecule has 2 N–H and O–H groups in total. The molecular formula is C11H20N2O3. The van der Waals surface area contributed by atoms with Crippen molar-refractivity contribution in [3.05, 3.63) is 0 Å². The van der Waals surface area contributed by atoms with E-state index in [-0.39, 0.29) is 12.3 Å². The van der Waals surface area contributed by atoms with Gasteiger partial charge in [0.05, 0.1) is 6.42 Å². The zero-order chi connectivity index (χ0) is 12.0. The predicted molar refractivity (Wildman–Crippen MR) is 60.1 cm³/mol. The molecule has 5 nitrogen and oxygen atoms in total. The van der Waals surface area contributed by atoms with Crippen LogP contribution in [0.3, 0.4) is 0 Å². The summed E-state index contributed by atoms with van der Waals surface area (Å²) < 4.78 is 0. The fraction of sp³-hybridized carbons (Fsp3) is 0.818. The van der Waals surface area contributed by atoms with Crippen molar-refractivity contribution >= 4 is 11.9 Å². The van der Waals surface area contributed by atoms with Crippen LogP contribution in [0.4, 0.5) is 0 Å². The fourth-order valence-electron chi connectivity index (χ4n) is 1.52. The maximum Gasteiger partial charge on any atom is 0.305 e. The fourth-order valence-corrected chi connectivity index (χ4v) is 1.52. The first-order chi connectivity index (χ1) is 7.63. The molecule has 1 amide bonds. The zero-order valence-electron chi connectivity index (χ0n) is 9.74. The molecule has 0 aromatic carbocycles. The van der Waals surface area contributed by atoms with Crippen LogP contribution >= 0.6 is 0 Å². The zero-order valence-corrected chi connectivity index (χ0v) is 9.74. The number of aliphatic carboxylic acids is 1. The molecule has 0 radical (unpaired) electrons. The van der Waals surface area contributed by atoms with Gasteiger partial charge in [0.15, 0.2) is 0 Å². The number of carboxylic acid groups (broad SMARTS) is 1. The molecule has 1 aliphatic rings. The minimum absolute atomic E-state index is 0.0234. The molecule has 0 unspecified atom stereocenters. The molecule has 92 valence electrons. The molecule has 0 saturated heterocycles. The van der Waals surface area contributed by atoms with Gasteiger partial charge in [0.2, 0.25) is 5.91 Å². The Morgan fingerprint density at radius 1 is 1.38 bits per heavy atom. The number of hydrogen-bond acceptors (Lipinski definition) is 3. The van der Waals surface area contributed by atoms with Crippen molar-refractivity contribution in [2.24, 2.45) is 0 Å². The highest BCUT2D eigenvalue weighted by Gasteiger charge is 2.20. The summed E-state index contributed by atoms with van der Waals surface area (Å²) in [6.45, 7) is 3.46. The van der Waals surface area contributed by atoms with Crippen LogP contribution in [-0.2, 0) is 9.59 Å². The van der Waals surface area contributed by atoms with Crippen molar-refractivity contribution in [2.45, 2.75) is 38.6 Å². The van der Waals surface area contributed by atoms with Gasteiger partial charge in [0, 0.05) is 32.1 Å². The summed E-state index contributed by atoms with van der Waals surface area (Å²) in [7, 11) is 0. The molecule has 1 saturated carbocycles. The standard InChI is InChI=1S/C11H20N2O3/c1-2-13(8-6-11(15)16)10(14)5-7-12-9-3-4-9/h9,12H,2-8H2,1H3,(H,15,16). The number of amides is 1. The first-order valence-corrected chi connectivity index (χ1v) is 5.86. The maximum atomic E-state index is 11.7. The third-order valence-electron chi connectivity index (χ3n) is 2.68. The van der Waals surface area contributed by atoms with Gasteiger partial charge in [0.25, 0.3) is 0 Å². The Bertz CT molecular complexity index is 252. The Labute approximate surface area is 95.8 Å². The van der Waals surface area contributed by atoms with Crippen LogP contribution in [0.15, 0.2) is 0 Å². The van der Waals surface area contributed by atoms with Crippen LogP contribution in [0, 0.1) is 0 Å². The summed E-state index contributed by atoms with van der Waals surface area (Å²) in [6, 6.07) is 0.613. The highest BCUT2D eigenvalue weighted by atomic mass is 16.4. The Kier molecular flexibility index (Phi) is 5.25. The SMILES string of the molecule is CCN(CCC(=O)O)C(=O)CCNC1CC1. The number of rotatable bonds is 8. The Morgan fingerprint density at radius 3 is 2.56 bits per heavy atom. The molecular weight excluding hydrogens is 208 g/mol. The average Bonchev–Trinajstić information content (AvgIpc) is 3.02. The van der Waals surface area contributed by atoms with Crippen LogP contribution in [0.2, 0.25) is 0 Å². The first-order valence-electron chi connectivity index (χ1n) is 5.86. The molecule has 0 spiro atoms. The van der Waals surface area contributed by atoms with Crippen LogP contribution in [0.5, 0.6) is 0 Å². The van der Waals surface area contributed by atoms with Crippen LogP contribution in [0.25, 0.3) is 0 Å².